The van der Waals surface area contributed by atoms with Crippen molar-refractivity contribution < 1.29 is 0 Å². The first-order chi connectivity index (χ1) is 12.6. The SMILES string of the molecule is CCCc1cc(N2CC[C@H](NC)C2)nc(Nc2ccc(N)c(C#N)c2)n1. The number of anilines is 4. The average Bonchev–Trinajstić information content (AvgIpc) is 3.13. The van der Waals surface area contributed by atoms with Gasteiger partial charge in [0, 0.05) is 42.3 Å². The molecule has 0 unspecified atom stereocenters. The van der Waals surface area contributed by atoms with Crippen LogP contribution in [0.5, 0.6) is 0 Å². The Labute approximate surface area is 154 Å². The zero-order valence-electron chi connectivity index (χ0n) is 15.3. The van der Waals surface area contributed by atoms with Gasteiger partial charge in [0.1, 0.15) is 11.9 Å². The highest BCUT2D eigenvalue weighted by Crippen LogP contribution is 2.24. The van der Waals surface area contributed by atoms with E-state index in [-0.39, 0.29) is 0 Å². The van der Waals surface area contributed by atoms with Crippen molar-refractivity contribution in [3.8, 4) is 6.07 Å². The van der Waals surface area contributed by atoms with Gasteiger partial charge in [-0.05, 0) is 38.1 Å². The standard InChI is InChI=1S/C19H25N7/c1-3-4-14-10-18(26-8-7-16(12-26)22-2)25-19(23-14)24-15-5-6-17(21)13(9-15)11-20/h5-6,9-10,16,22H,3-4,7-8,12,21H2,1-2H3,(H,23,24,25)/t16-/m0/s1. The van der Waals surface area contributed by atoms with Gasteiger partial charge in [-0.3, -0.25) is 0 Å². The van der Waals surface area contributed by atoms with Crippen molar-refractivity contribution >= 4 is 23.1 Å². The molecule has 1 aliphatic rings. The molecule has 0 saturated carbocycles. The number of hydrogen-bond donors (Lipinski definition) is 3. The Balaban J connectivity index is 1.87. The van der Waals surface area contributed by atoms with Crippen LogP contribution in [-0.4, -0.2) is 36.1 Å². The summed E-state index contributed by atoms with van der Waals surface area (Å²) in [4.78, 5) is 11.6. The maximum Gasteiger partial charge on any atom is 0.229 e. The van der Waals surface area contributed by atoms with Crippen LogP contribution in [0.2, 0.25) is 0 Å². The third-order valence-corrected chi connectivity index (χ3v) is 4.62. The van der Waals surface area contributed by atoms with E-state index in [4.69, 9.17) is 16.0 Å². The minimum Gasteiger partial charge on any atom is -0.398 e. The van der Waals surface area contributed by atoms with E-state index in [1.807, 2.05) is 13.1 Å². The van der Waals surface area contributed by atoms with Crippen molar-refractivity contribution in [1.29, 1.82) is 5.26 Å². The van der Waals surface area contributed by atoms with E-state index in [1.54, 1.807) is 12.1 Å². The molecule has 0 spiro atoms. The van der Waals surface area contributed by atoms with Crippen LogP contribution in [0.1, 0.15) is 31.0 Å². The molecule has 1 aromatic heterocycles. The van der Waals surface area contributed by atoms with Crippen molar-refractivity contribution in [2.24, 2.45) is 0 Å². The molecule has 4 N–H and O–H groups in total. The van der Waals surface area contributed by atoms with Gasteiger partial charge < -0.3 is 21.3 Å². The van der Waals surface area contributed by atoms with Gasteiger partial charge in [0.25, 0.3) is 0 Å². The molecular formula is C19H25N7. The van der Waals surface area contributed by atoms with Crippen LogP contribution in [0.4, 0.5) is 23.1 Å². The number of nitrogens with one attached hydrogen (secondary N) is 2. The van der Waals surface area contributed by atoms with Gasteiger partial charge in [0.05, 0.1) is 5.56 Å². The maximum absolute atomic E-state index is 9.16. The van der Waals surface area contributed by atoms with Gasteiger partial charge in [-0.15, -0.1) is 0 Å². The third kappa shape index (κ3) is 4.03. The normalized spacial score (nSPS) is 16.5. The number of likely N-dealkylation sites (N-methyl/N-ethyl adjacent to an activating group) is 1. The molecule has 1 fully saturated rings. The summed E-state index contributed by atoms with van der Waals surface area (Å²) >= 11 is 0. The van der Waals surface area contributed by atoms with E-state index < -0.39 is 0 Å². The van der Waals surface area contributed by atoms with Crippen LogP contribution in [0, 0.1) is 11.3 Å². The first-order valence-corrected chi connectivity index (χ1v) is 8.99. The summed E-state index contributed by atoms with van der Waals surface area (Å²) in [7, 11) is 2.00. The summed E-state index contributed by atoms with van der Waals surface area (Å²) in [6.07, 6.45) is 3.03. The van der Waals surface area contributed by atoms with Crippen LogP contribution in [0.25, 0.3) is 0 Å². The van der Waals surface area contributed by atoms with Crippen LogP contribution in [-0.2, 0) is 6.42 Å². The lowest BCUT2D eigenvalue weighted by atomic mass is 10.2. The minimum absolute atomic E-state index is 0.441. The fourth-order valence-electron chi connectivity index (χ4n) is 3.15. The Bertz CT molecular complexity index is 812. The van der Waals surface area contributed by atoms with Crippen molar-refractivity contribution in [3.05, 3.63) is 35.5 Å². The molecular weight excluding hydrogens is 326 g/mol. The lowest BCUT2D eigenvalue weighted by Gasteiger charge is -2.19. The van der Waals surface area contributed by atoms with Crippen molar-refractivity contribution in [2.45, 2.75) is 32.2 Å². The number of nitrogens with zero attached hydrogens (tertiary/aromatic N) is 4. The number of benzene rings is 1. The fraction of sp³-hybridized carbons (Fsp3) is 0.421. The monoisotopic (exact) mass is 351 g/mol. The number of aromatic nitrogens is 2. The van der Waals surface area contributed by atoms with E-state index in [0.717, 1.165) is 49.6 Å². The van der Waals surface area contributed by atoms with Gasteiger partial charge in [-0.2, -0.15) is 10.2 Å². The number of nitrogen functional groups attached to an aromatic ring is 1. The Morgan fingerprint density at radius 3 is 2.88 bits per heavy atom. The zero-order valence-corrected chi connectivity index (χ0v) is 15.3. The lowest BCUT2D eigenvalue weighted by Crippen LogP contribution is -2.30. The van der Waals surface area contributed by atoms with Gasteiger partial charge >= 0.3 is 0 Å². The number of nitriles is 1. The molecule has 3 rings (SSSR count). The Morgan fingerprint density at radius 1 is 1.35 bits per heavy atom. The lowest BCUT2D eigenvalue weighted by molar-refractivity contribution is 0.616. The highest BCUT2D eigenvalue weighted by atomic mass is 15.3. The van der Waals surface area contributed by atoms with E-state index in [1.165, 1.54) is 0 Å². The van der Waals surface area contributed by atoms with Gasteiger partial charge in [-0.1, -0.05) is 13.3 Å². The molecule has 1 atom stereocenters. The van der Waals surface area contributed by atoms with E-state index in [2.05, 4.69) is 39.6 Å². The summed E-state index contributed by atoms with van der Waals surface area (Å²) in [5.74, 6) is 1.49. The molecule has 1 aromatic carbocycles. The van der Waals surface area contributed by atoms with Gasteiger partial charge in [0.15, 0.2) is 0 Å². The molecule has 136 valence electrons. The average molecular weight is 351 g/mol. The van der Waals surface area contributed by atoms with Crippen LogP contribution < -0.4 is 21.3 Å². The predicted molar refractivity (Wildman–Crippen MR) is 105 cm³/mol. The molecule has 1 saturated heterocycles. The van der Waals surface area contributed by atoms with Crippen molar-refractivity contribution in [3.63, 3.8) is 0 Å². The zero-order chi connectivity index (χ0) is 18.5. The minimum atomic E-state index is 0.441. The van der Waals surface area contributed by atoms with E-state index >= 15 is 0 Å². The molecule has 0 radical (unpaired) electrons. The van der Waals surface area contributed by atoms with Gasteiger partial charge in [-0.25, -0.2) is 4.98 Å². The molecule has 1 aliphatic heterocycles. The van der Waals surface area contributed by atoms with Crippen molar-refractivity contribution in [2.75, 3.05) is 36.1 Å². The summed E-state index contributed by atoms with van der Waals surface area (Å²) in [6.45, 7) is 4.06. The molecule has 7 heteroatoms. The van der Waals surface area contributed by atoms with Crippen LogP contribution >= 0.6 is 0 Å². The smallest absolute Gasteiger partial charge is 0.229 e. The highest BCUT2D eigenvalue weighted by molar-refractivity contribution is 5.65. The van der Waals surface area contributed by atoms with Crippen molar-refractivity contribution in [1.82, 2.24) is 15.3 Å². The highest BCUT2D eigenvalue weighted by Gasteiger charge is 2.23. The second-order valence-electron chi connectivity index (χ2n) is 6.55. The summed E-state index contributed by atoms with van der Waals surface area (Å²) in [5, 5.41) is 15.7. The molecule has 0 bridgehead atoms. The van der Waals surface area contributed by atoms with E-state index in [9.17, 15) is 0 Å². The molecule has 0 aliphatic carbocycles. The first-order valence-electron chi connectivity index (χ1n) is 8.99. The van der Waals surface area contributed by atoms with E-state index in [0.29, 0.717) is 23.2 Å². The number of rotatable bonds is 6. The molecule has 26 heavy (non-hydrogen) atoms. The van der Waals surface area contributed by atoms with Crippen LogP contribution in [0.15, 0.2) is 24.3 Å². The third-order valence-electron chi connectivity index (χ3n) is 4.62. The Hall–Kier alpha value is -2.85. The van der Waals surface area contributed by atoms with Gasteiger partial charge in [0.2, 0.25) is 5.95 Å². The van der Waals surface area contributed by atoms with Crippen LogP contribution in [0.3, 0.4) is 0 Å². The second kappa shape index (κ2) is 8.02. The molecule has 0 amide bonds. The topological polar surface area (TPSA) is 103 Å². The summed E-state index contributed by atoms with van der Waals surface area (Å²) in [6, 6.07) is 9.94. The second-order valence-corrected chi connectivity index (χ2v) is 6.55. The summed E-state index contributed by atoms with van der Waals surface area (Å²) in [5.41, 5.74) is 8.48. The fourth-order valence-corrected chi connectivity index (χ4v) is 3.15. The number of hydrogen-bond acceptors (Lipinski definition) is 7. The molecule has 2 aromatic rings. The quantitative estimate of drug-likeness (QED) is 0.687. The summed E-state index contributed by atoms with van der Waals surface area (Å²) < 4.78 is 0. The first kappa shape index (κ1) is 18.0. The molecule has 2 heterocycles. The maximum atomic E-state index is 9.16. The number of aryl methyl sites for hydroxylation is 1. The number of nitrogens with two attached hydrogens (primary N) is 1. The largest absolute Gasteiger partial charge is 0.398 e. The Morgan fingerprint density at radius 2 is 2.19 bits per heavy atom. The predicted octanol–water partition coefficient (Wildman–Crippen LogP) is 2.42. The Kier molecular flexibility index (Phi) is 5.54. The molecule has 7 nitrogen and oxygen atoms in total.